The van der Waals surface area contributed by atoms with E-state index >= 15 is 0 Å². The highest BCUT2D eigenvalue weighted by Crippen LogP contribution is 2.26. The number of para-hydroxylation sites is 1. The molecule has 0 amide bonds. The zero-order chi connectivity index (χ0) is 13.5. The molecule has 0 fully saturated rings. The van der Waals surface area contributed by atoms with Gasteiger partial charge in [0.1, 0.15) is 11.5 Å². The molecule has 0 aliphatic carbocycles. The molecular formula is C15H14O2S2. The van der Waals surface area contributed by atoms with Gasteiger partial charge in [-0.3, -0.25) is 0 Å². The summed E-state index contributed by atoms with van der Waals surface area (Å²) in [6.07, 6.45) is 0. The van der Waals surface area contributed by atoms with Crippen LogP contribution in [0, 0.1) is 0 Å². The Morgan fingerprint density at radius 2 is 1.63 bits per heavy atom. The molecule has 2 rings (SSSR count). The van der Waals surface area contributed by atoms with Crippen LogP contribution in [0.2, 0.25) is 0 Å². The average Bonchev–Trinajstić information content (AvgIpc) is 2.42. The zero-order valence-electron chi connectivity index (χ0n) is 10.5. The zero-order valence-corrected chi connectivity index (χ0v) is 12.2. The first-order chi connectivity index (χ1) is 9.28. The summed E-state index contributed by atoms with van der Waals surface area (Å²) < 4.78 is 11.5. The van der Waals surface area contributed by atoms with Crippen molar-refractivity contribution < 1.29 is 9.47 Å². The third-order valence-corrected chi connectivity index (χ3v) is 3.43. The minimum atomic E-state index is 0.541. The van der Waals surface area contributed by atoms with Crippen LogP contribution in [-0.2, 0) is 4.74 Å². The van der Waals surface area contributed by atoms with Crippen LogP contribution >= 0.6 is 24.0 Å². The lowest BCUT2D eigenvalue weighted by atomic mass is 10.3. The van der Waals surface area contributed by atoms with Crippen LogP contribution in [0.15, 0.2) is 59.5 Å². The molecule has 0 aliphatic rings. The van der Waals surface area contributed by atoms with Crippen LogP contribution in [0.1, 0.15) is 6.92 Å². The third kappa shape index (κ3) is 4.58. The Balaban J connectivity index is 1.97. The van der Waals surface area contributed by atoms with Crippen LogP contribution in [0.3, 0.4) is 0 Å². The van der Waals surface area contributed by atoms with E-state index in [0.717, 1.165) is 16.4 Å². The van der Waals surface area contributed by atoms with Crippen molar-refractivity contribution in [1.29, 1.82) is 0 Å². The second kappa shape index (κ2) is 7.16. The maximum absolute atomic E-state index is 5.71. The Labute approximate surface area is 122 Å². The Kier molecular flexibility index (Phi) is 5.24. The summed E-state index contributed by atoms with van der Waals surface area (Å²) in [6.45, 7) is 2.52. The maximum atomic E-state index is 5.71. The normalized spacial score (nSPS) is 9.95. The van der Waals surface area contributed by atoms with Gasteiger partial charge in [0, 0.05) is 4.90 Å². The summed E-state index contributed by atoms with van der Waals surface area (Å²) in [6, 6.07) is 17.5. The predicted octanol–water partition coefficient (Wildman–Crippen LogP) is 4.89. The highest BCUT2D eigenvalue weighted by molar-refractivity contribution is 8.22. The lowest BCUT2D eigenvalue weighted by Crippen LogP contribution is -1.94. The van der Waals surface area contributed by atoms with E-state index in [-0.39, 0.29) is 0 Å². The van der Waals surface area contributed by atoms with Crippen molar-refractivity contribution >= 4 is 28.4 Å². The number of thioether (sulfide) groups is 1. The number of hydrogen-bond acceptors (Lipinski definition) is 4. The molecule has 0 aliphatic heterocycles. The molecule has 4 heteroatoms. The molecule has 19 heavy (non-hydrogen) atoms. The fraction of sp³-hybridized carbons (Fsp3) is 0.133. The van der Waals surface area contributed by atoms with Gasteiger partial charge in [0.25, 0.3) is 0 Å². The van der Waals surface area contributed by atoms with E-state index in [1.165, 1.54) is 11.8 Å². The van der Waals surface area contributed by atoms with E-state index in [1.807, 2.05) is 61.5 Å². The molecule has 0 spiro atoms. The molecule has 0 N–H and O–H groups in total. The lowest BCUT2D eigenvalue weighted by Gasteiger charge is -2.07. The minimum Gasteiger partial charge on any atom is -0.479 e. The Morgan fingerprint density at radius 3 is 2.26 bits per heavy atom. The first-order valence-electron chi connectivity index (χ1n) is 5.95. The van der Waals surface area contributed by atoms with Gasteiger partial charge in [-0.1, -0.05) is 18.2 Å². The maximum Gasteiger partial charge on any atom is 0.224 e. The van der Waals surface area contributed by atoms with Crippen molar-refractivity contribution in [3.63, 3.8) is 0 Å². The van der Waals surface area contributed by atoms with Gasteiger partial charge < -0.3 is 9.47 Å². The molecule has 2 aromatic rings. The molecular weight excluding hydrogens is 276 g/mol. The standard InChI is InChI=1S/C15H14O2S2/c1-2-16-15(18)19-14-10-8-13(9-11-14)17-12-6-4-3-5-7-12/h3-11H,2H2,1H3. The molecule has 2 nitrogen and oxygen atoms in total. The van der Waals surface area contributed by atoms with Crippen molar-refractivity contribution in [1.82, 2.24) is 0 Å². The fourth-order valence-electron chi connectivity index (χ4n) is 1.44. The van der Waals surface area contributed by atoms with Gasteiger partial charge in [-0.15, -0.1) is 0 Å². The molecule has 0 radical (unpaired) electrons. The van der Waals surface area contributed by atoms with Gasteiger partial charge in [0.15, 0.2) is 0 Å². The molecule has 2 aromatic carbocycles. The van der Waals surface area contributed by atoms with E-state index in [4.69, 9.17) is 21.7 Å². The highest BCUT2D eigenvalue weighted by atomic mass is 32.2. The van der Waals surface area contributed by atoms with Gasteiger partial charge in [-0.2, -0.15) is 0 Å². The monoisotopic (exact) mass is 290 g/mol. The van der Waals surface area contributed by atoms with E-state index in [2.05, 4.69) is 0 Å². The average molecular weight is 290 g/mol. The van der Waals surface area contributed by atoms with Crippen molar-refractivity contribution in [3.8, 4) is 11.5 Å². The molecule has 0 bridgehead atoms. The number of ether oxygens (including phenoxy) is 2. The van der Waals surface area contributed by atoms with Crippen LogP contribution < -0.4 is 4.74 Å². The number of thiocarbonyl (C=S) groups is 1. The van der Waals surface area contributed by atoms with Crippen LogP contribution in [-0.4, -0.2) is 11.0 Å². The Bertz CT molecular complexity index is 524. The minimum absolute atomic E-state index is 0.541. The molecule has 0 unspecified atom stereocenters. The topological polar surface area (TPSA) is 18.5 Å². The van der Waals surface area contributed by atoms with Crippen LogP contribution in [0.25, 0.3) is 0 Å². The summed E-state index contributed by atoms with van der Waals surface area (Å²) in [5.41, 5.74) is 0. The molecule has 0 saturated carbocycles. The lowest BCUT2D eigenvalue weighted by molar-refractivity contribution is 0.346. The second-order valence-electron chi connectivity index (χ2n) is 3.67. The van der Waals surface area contributed by atoms with Crippen LogP contribution in [0.4, 0.5) is 0 Å². The van der Waals surface area contributed by atoms with Crippen LogP contribution in [0.5, 0.6) is 11.5 Å². The molecule has 0 heterocycles. The van der Waals surface area contributed by atoms with Gasteiger partial charge in [0.2, 0.25) is 4.38 Å². The predicted molar refractivity (Wildman–Crippen MR) is 83.0 cm³/mol. The van der Waals surface area contributed by atoms with Crippen molar-refractivity contribution in [3.05, 3.63) is 54.6 Å². The van der Waals surface area contributed by atoms with Crippen molar-refractivity contribution in [2.45, 2.75) is 11.8 Å². The highest BCUT2D eigenvalue weighted by Gasteiger charge is 2.02. The number of benzene rings is 2. The van der Waals surface area contributed by atoms with Gasteiger partial charge >= 0.3 is 0 Å². The largest absolute Gasteiger partial charge is 0.479 e. The van der Waals surface area contributed by atoms with Gasteiger partial charge in [0.05, 0.1) is 6.61 Å². The van der Waals surface area contributed by atoms with E-state index in [9.17, 15) is 0 Å². The smallest absolute Gasteiger partial charge is 0.224 e. The SMILES string of the molecule is CCOC(=S)Sc1ccc(Oc2ccccc2)cc1. The molecule has 0 atom stereocenters. The van der Waals surface area contributed by atoms with E-state index < -0.39 is 0 Å². The summed E-state index contributed by atoms with van der Waals surface area (Å²) in [7, 11) is 0. The van der Waals surface area contributed by atoms with Gasteiger partial charge in [-0.05, 0) is 67.3 Å². The number of rotatable bonds is 4. The van der Waals surface area contributed by atoms with E-state index in [1.54, 1.807) is 0 Å². The number of hydrogen-bond donors (Lipinski definition) is 0. The summed E-state index contributed by atoms with van der Waals surface area (Å²) in [5, 5.41) is 0. The van der Waals surface area contributed by atoms with Crippen molar-refractivity contribution in [2.24, 2.45) is 0 Å². The fourth-order valence-corrected chi connectivity index (χ4v) is 2.49. The molecule has 0 saturated heterocycles. The molecule has 98 valence electrons. The first kappa shape index (κ1) is 13.9. The Hall–Kier alpha value is -1.52. The summed E-state index contributed by atoms with van der Waals surface area (Å²) >= 11 is 6.52. The second-order valence-corrected chi connectivity index (χ2v) is 5.35. The van der Waals surface area contributed by atoms with Crippen molar-refractivity contribution in [2.75, 3.05) is 6.61 Å². The quantitative estimate of drug-likeness (QED) is 0.589. The third-order valence-electron chi connectivity index (χ3n) is 2.27. The Morgan fingerprint density at radius 1 is 1.00 bits per heavy atom. The summed E-state index contributed by atoms with van der Waals surface area (Å²) in [4.78, 5) is 1.04. The van der Waals surface area contributed by atoms with E-state index in [0.29, 0.717) is 11.0 Å². The first-order valence-corrected chi connectivity index (χ1v) is 7.18. The summed E-state index contributed by atoms with van der Waals surface area (Å²) in [5.74, 6) is 1.63. The van der Waals surface area contributed by atoms with Gasteiger partial charge in [-0.25, -0.2) is 0 Å². The molecule has 0 aromatic heterocycles.